The summed E-state index contributed by atoms with van der Waals surface area (Å²) in [4.78, 5) is 13.3. The van der Waals surface area contributed by atoms with Crippen molar-refractivity contribution >= 4 is 29.0 Å². The minimum absolute atomic E-state index is 0.126. The molecule has 0 aliphatic rings. The molecular weight excluding hydrogens is 294 g/mol. The van der Waals surface area contributed by atoms with Gasteiger partial charge in [0.1, 0.15) is 6.04 Å². The highest BCUT2D eigenvalue weighted by Gasteiger charge is 2.12. The number of benzene rings is 2. The number of anilines is 2. The van der Waals surface area contributed by atoms with Crippen LogP contribution < -0.4 is 10.6 Å². The van der Waals surface area contributed by atoms with E-state index in [9.17, 15) is 4.79 Å². The van der Waals surface area contributed by atoms with Crippen LogP contribution in [0.1, 0.15) is 12.5 Å². The molecule has 1 amide bonds. The monoisotopic (exact) mass is 311 g/mol. The number of nitrogens with zero attached hydrogens (tertiary/aromatic N) is 1. The van der Waals surface area contributed by atoms with Crippen LogP contribution in [0.5, 0.6) is 0 Å². The lowest BCUT2D eigenvalue weighted by Crippen LogP contribution is -2.31. The summed E-state index contributed by atoms with van der Waals surface area (Å²) in [5.74, 6) is -0.126. The van der Waals surface area contributed by atoms with Gasteiger partial charge in [0.05, 0.1) is 11.6 Å². The van der Waals surface area contributed by atoms with Crippen LogP contribution in [0.25, 0.3) is 0 Å². The third kappa shape index (κ3) is 4.27. The molecule has 2 rings (SSSR count). The van der Waals surface area contributed by atoms with Gasteiger partial charge in [-0.1, -0.05) is 6.07 Å². The quantitative estimate of drug-likeness (QED) is 0.826. The molecule has 2 N–H and O–H groups in total. The average Bonchev–Trinajstić information content (AvgIpc) is 2.55. The second-order valence-electron chi connectivity index (χ2n) is 4.78. The van der Waals surface area contributed by atoms with Gasteiger partial charge in [0.15, 0.2) is 0 Å². The van der Waals surface area contributed by atoms with E-state index in [1.807, 2.05) is 43.5 Å². The smallest absolute Gasteiger partial charge is 0.246 e. The van der Waals surface area contributed by atoms with Crippen molar-refractivity contribution in [3.63, 3.8) is 0 Å². The summed E-state index contributed by atoms with van der Waals surface area (Å²) < 4.78 is 0. The number of thioether (sulfide) groups is 1. The minimum Gasteiger partial charge on any atom is -0.374 e. The van der Waals surface area contributed by atoms with E-state index < -0.39 is 0 Å². The molecule has 112 valence electrons. The van der Waals surface area contributed by atoms with E-state index >= 15 is 0 Å². The Morgan fingerprint density at radius 1 is 1.18 bits per heavy atom. The molecule has 2 aromatic carbocycles. The standard InChI is InChI=1S/C17H17N3OS/c1-12(19-15-4-3-5-16(10-15)22-2)17(21)20-14-8-6-13(11-18)7-9-14/h3-10,12,19H,1-2H3,(H,20,21)/t12-/m1/s1. The van der Waals surface area contributed by atoms with Gasteiger partial charge in [0.2, 0.25) is 5.91 Å². The molecule has 22 heavy (non-hydrogen) atoms. The normalized spacial score (nSPS) is 11.3. The zero-order valence-electron chi connectivity index (χ0n) is 12.5. The third-order valence-electron chi connectivity index (χ3n) is 3.13. The Morgan fingerprint density at radius 3 is 2.55 bits per heavy atom. The number of amides is 1. The molecule has 2 aromatic rings. The molecule has 5 heteroatoms. The second kappa shape index (κ2) is 7.53. The van der Waals surface area contributed by atoms with Crippen molar-refractivity contribution in [2.45, 2.75) is 17.9 Å². The summed E-state index contributed by atoms with van der Waals surface area (Å²) in [6.07, 6.45) is 2.01. The molecule has 0 saturated heterocycles. The number of rotatable bonds is 5. The maximum Gasteiger partial charge on any atom is 0.246 e. The lowest BCUT2D eigenvalue weighted by atomic mass is 10.2. The zero-order chi connectivity index (χ0) is 15.9. The van der Waals surface area contributed by atoms with E-state index in [4.69, 9.17) is 5.26 Å². The lowest BCUT2D eigenvalue weighted by molar-refractivity contribution is -0.116. The van der Waals surface area contributed by atoms with Crippen LogP contribution in [-0.4, -0.2) is 18.2 Å². The van der Waals surface area contributed by atoms with Gasteiger partial charge in [-0.25, -0.2) is 0 Å². The first-order valence-corrected chi connectivity index (χ1v) is 8.06. The van der Waals surface area contributed by atoms with Crippen molar-refractivity contribution in [1.29, 1.82) is 5.26 Å². The molecule has 0 spiro atoms. The van der Waals surface area contributed by atoms with Crippen molar-refractivity contribution in [2.24, 2.45) is 0 Å². The van der Waals surface area contributed by atoms with Crippen molar-refractivity contribution in [3.8, 4) is 6.07 Å². The predicted molar refractivity (Wildman–Crippen MR) is 91.1 cm³/mol. The van der Waals surface area contributed by atoms with Crippen LogP contribution in [0.4, 0.5) is 11.4 Å². The van der Waals surface area contributed by atoms with Gasteiger partial charge in [0.25, 0.3) is 0 Å². The number of carbonyl (C=O) groups excluding carboxylic acids is 1. The van der Waals surface area contributed by atoms with Crippen LogP contribution in [0, 0.1) is 11.3 Å². The van der Waals surface area contributed by atoms with Crippen LogP contribution in [-0.2, 0) is 4.79 Å². The Balaban J connectivity index is 1.97. The number of carbonyl (C=O) groups is 1. The van der Waals surface area contributed by atoms with Crippen LogP contribution in [0.2, 0.25) is 0 Å². The second-order valence-corrected chi connectivity index (χ2v) is 5.66. The number of nitrogens with one attached hydrogen (secondary N) is 2. The molecule has 0 bridgehead atoms. The predicted octanol–water partition coefficient (Wildman–Crippen LogP) is 3.72. The van der Waals surface area contributed by atoms with Gasteiger partial charge >= 0.3 is 0 Å². The lowest BCUT2D eigenvalue weighted by Gasteiger charge is -2.15. The van der Waals surface area contributed by atoms with E-state index in [1.54, 1.807) is 36.0 Å². The van der Waals surface area contributed by atoms with Gasteiger partial charge in [-0.05, 0) is 55.6 Å². The molecule has 0 saturated carbocycles. The highest BCUT2D eigenvalue weighted by molar-refractivity contribution is 7.98. The van der Waals surface area contributed by atoms with E-state index in [-0.39, 0.29) is 11.9 Å². The van der Waals surface area contributed by atoms with E-state index in [0.717, 1.165) is 10.6 Å². The molecule has 0 heterocycles. The number of nitriles is 1. The highest BCUT2D eigenvalue weighted by atomic mass is 32.2. The SMILES string of the molecule is CSc1cccc(N[C@H](C)C(=O)Nc2ccc(C#N)cc2)c1. The summed E-state index contributed by atoms with van der Waals surface area (Å²) in [6, 6.07) is 16.4. The summed E-state index contributed by atoms with van der Waals surface area (Å²) in [6.45, 7) is 1.81. The highest BCUT2D eigenvalue weighted by Crippen LogP contribution is 2.19. The van der Waals surface area contributed by atoms with Crippen LogP contribution in [0.15, 0.2) is 53.4 Å². The Hall–Kier alpha value is -2.45. The van der Waals surface area contributed by atoms with Crippen molar-refractivity contribution < 1.29 is 4.79 Å². The Kier molecular flexibility index (Phi) is 5.45. The number of hydrogen-bond donors (Lipinski definition) is 2. The topological polar surface area (TPSA) is 64.9 Å². The molecule has 4 nitrogen and oxygen atoms in total. The maximum absolute atomic E-state index is 12.2. The van der Waals surface area contributed by atoms with Crippen LogP contribution in [0.3, 0.4) is 0 Å². The van der Waals surface area contributed by atoms with Crippen molar-refractivity contribution in [1.82, 2.24) is 0 Å². The van der Waals surface area contributed by atoms with Gasteiger partial charge < -0.3 is 10.6 Å². The molecular formula is C17H17N3OS. The molecule has 0 unspecified atom stereocenters. The van der Waals surface area contributed by atoms with Gasteiger partial charge in [-0.15, -0.1) is 11.8 Å². The average molecular weight is 311 g/mol. The molecule has 0 aliphatic heterocycles. The zero-order valence-corrected chi connectivity index (χ0v) is 13.3. The Morgan fingerprint density at radius 2 is 1.91 bits per heavy atom. The summed E-state index contributed by atoms with van der Waals surface area (Å²) in [5, 5.41) is 14.8. The molecule has 0 aliphatic carbocycles. The van der Waals surface area contributed by atoms with Crippen LogP contribution >= 0.6 is 11.8 Å². The number of hydrogen-bond acceptors (Lipinski definition) is 4. The summed E-state index contributed by atoms with van der Waals surface area (Å²) >= 11 is 1.66. The van der Waals surface area contributed by atoms with Gasteiger partial charge in [-0.2, -0.15) is 5.26 Å². The molecule has 0 radical (unpaired) electrons. The first-order valence-electron chi connectivity index (χ1n) is 6.84. The minimum atomic E-state index is -0.368. The molecule has 0 fully saturated rings. The van der Waals surface area contributed by atoms with E-state index in [0.29, 0.717) is 11.3 Å². The van der Waals surface area contributed by atoms with Crippen molar-refractivity contribution in [3.05, 3.63) is 54.1 Å². The third-order valence-corrected chi connectivity index (χ3v) is 3.85. The summed E-state index contributed by atoms with van der Waals surface area (Å²) in [7, 11) is 0. The van der Waals surface area contributed by atoms with E-state index in [1.165, 1.54) is 0 Å². The van der Waals surface area contributed by atoms with Gasteiger partial charge in [0, 0.05) is 16.3 Å². The fourth-order valence-electron chi connectivity index (χ4n) is 1.91. The molecule has 0 aromatic heterocycles. The van der Waals surface area contributed by atoms with Gasteiger partial charge in [-0.3, -0.25) is 4.79 Å². The fraction of sp³-hybridized carbons (Fsp3) is 0.176. The van der Waals surface area contributed by atoms with Crippen molar-refractivity contribution in [2.75, 3.05) is 16.9 Å². The Labute approximate surface area is 134 Å². The largest absolute Gasteiger partial charge is 0.374 e. The first kappa shape index (κ1) is 15.9. The van der Waals surface area contributed by atoms with E-state index in [2.05, 4.69) is 10.6 Å². The maximum atomic E-state index is 12.2. The first-order chi connectivity index (χ1) is 10.6. The summed E-state index contributed by atoms with van der Waals surface area (Å²) in [5.41, 5.74) is 2.16. The fourth-order valence-corrected chi connectivity index (χ4v) is 2.37. The Bertz CT molecular complexity index is 692. The molecule has 1 atom stereocenters.